The van der Waals surface area contributed by atoms with E-state index in [-0.39, 0.29) is 29.4 Å². The number of nitrogens with zero attached hydrogens (tertiary/aromatic N) is 2. The smallest absolute Gasteiger partial charge is 0.254 e. The number of benzene rings is 1. The molecule has 1 aromatic carbocycles. The maximum absolute atomic E-state index is 13.4. The lowest BCUT2D eigenvalue weighted by Crippen LogP contribution is -2.52. The van der Waals surface area contributed by atoms with Crippen LogP contribution in [0.15, 0.2) is 18.2 Å². The second-order valence-electron chi connectivity index (χ2n) is 7.34. The Morgan fingerprint density at radius 2 is 1.77 bits per heavy atom. The van der Waals surface area contributed by atoms with Gasteiger partial charge in [0.25, 0.3) is 5.91 Å². The standard InChI is InChI=1S/C19H24F2N2O3/c20-15-10-14(11-16(21)12-15)18(26)22-7-4-19(5-8-22)3-2-17(25)23(13-19)6-1-9-24/h10-12,24H,1-9,13H2. The quantitative estimate of drug-likeness (QED) is 0.889. The molecule has 7 heteroatoms. The summed E-state index contributed by atoms with van der Waals surface area (Å²) in [5.74, 6) is -1.75. The first-order valence-electron chi connectivity index (χ1n) is 9.06. The highest BCUT2D eigenvalue weighted by Gasteiger charge is 2.41. The molecular weight excluding hydrogens is 342 g/mol. The van der Waals surface area contributed by atoms with Crippen LogP contribution in [-0.2, 0) is 4.79 Å². The molecule has 142 valence electrons. The molecule has 0 unspecified atom stereocenters. The molecule has 0 aromatic heterocycles. The molecule has 0 atom stereocenters. The highest BCUT2D eigenvalue weighted by Crippen LogP contribution is 2.40. The molecule has 2 aliphatic heterocycles. The van der Waals surface area contributed by atoms with E-state index in [0.29, 0.717) is 39.0 Å². The van der Waals surface area contributed by atoms with Gasteiger partial charge in [0.15, 0.2) is 0 Å². The van der Waals surface area contributed by atoms with Crippen molar-refractivity contribution in [1.29, 1.82) is 0 Å². The van der Waals surface area contributed by atoms with Gasteiger partial charge in [0, 0.05) is 50.8 Å². The first-order chi connectivity index (χ1) is 12.4. The van der Waals surface area contributed by atoms with Gasteiger partial charge in [0.2, 0.25) is 5.91 Å². The minimum absolute atomic E-state index is 0.00661. The topological polar surface area (TPSA) is 60.9 Å². The average molecular weight is 366 g/mol. The summed E-state index contributed by atoms with van der Waals surface area (Å²) in [5, 5.41) is 8.99. The van der Waals surface area contributed by atoms with Crippen LogP contribution < -0.4 is 0 Å². The normalized spacial score (nSPS) is 19.9. The van der Waals surface area contributed by atoms with E-state index in [9.17, 15) is 18.4 Å². The molecule has 1 spiro atoms. The van der Waals surface area contributed by atoms with Crippen LogP contribution in [0.4, 0.5) is 8.78 Å². The van der Waals surface area contributed by atoms with E-state index in [1.807, 2.05) is 4.90 Å². The molecule has 26 heavy (non-hydrogen) atoms. The van der Waals surface area contributed by atoms with Crippen molar-refractivity contribution < 1.29 is 23.5 Å². The molecule has 5 nitrogen and oxygen atoms in total. The van der Waals surface area contributed by atoms with Crippen molar-refractivity contribution in [2.45, 2.75) is 32.1 Å². The zero-order valence-corrected chi connectivity index (χ0v) is 14.7. The van der Waals surface area contributed by atoms with Crippen LogP contribution in [0.1, 0.15) is 42.5 Å². The van der Waals surface area contributed by atoms with E-state index in [4.69, 9.17) is 5.11 Å². The van der Waals surface area contributed by atoms with Gasteiger partial charge in [-0.3, -0.25) is 9.59 Å². The number of hydrogen-bond acceptors (Lipinski definition) is 3. The summed E-state index contributed by atoms with van der Waals surface area (Å²) in [4.78, 5) is 28.0. The summed E-state index contributed by atoms with van der Waals surface area (Å²) in [6.45, 7) is 2.30. The van der Waals surface area contributed by atoms with Crippen molar-refractivity contribution in [1.82, 2.24) is 9.80 Å². The van der Waals surface area contributed by atoms with E-state index in [1.54, 1.807) is 4.90 Å². The molecule has 2 amide bonds. The Kier molecular flexibility index (Phi) is 5.55. The lowest BCUT2D eigenvalue weighted by atomic mass is 9.72. The fraction of sp³-hybridized carbons (Fsp3) is 0.579. The maximum atomic E-state index is 13.4. The Bertz CT molecular complexity index is 667. The van der Waals surface area contributed by atoms with Gasteiger partial charge in [-0.15, -0.1) is 0 Å². The molecule has 2 heterocycles. The number of aliphatic hydroxyl groups is 1. The molecule has 0 radical (unpaired) electrons. The van der Waals surface area contributed by atoms with Gasteiger partial charge in [0.1, 0.15) is 11.6 Å². The number of carbonyl (C=O) groups excluding carboxylic acids is 2. The SMILES string of the molecule is O=C1CCC2(CCN(C(=O)c3cc(F)cc(F)c3)CC2)CN1CCCO. The average Bonchev–Trinajstić information content (AvgIpc) is 2.62. The van der Waals surface area contributed by atoms with E-state index in [2.05, 4.69) is 0 Å². The highest BCUT2D eigenvalue weighted by atomic mass is 19.1. The second-order valence-corrected chi connectivity index (χ2v) is 7.34. The molecule has 0 bridgehead atoms. The highest BCUT2D eigenvalue weighted by molar-refractivity contribution is 5.94. The van der Waals surface area contributed by atoms with Gasteiger partial charge in [-0.05, 0) is 43.2 Å². The zero-order valence-electron chi connectivity index (χ0n) is 14.7. The molecule has 2 fully saturated rings. The molecule has 3 rings (SSSR count). The van der Waals surface area contributed by atoms with Crippen LogP contribution in [0.2, 0.25) is 0 Å². The number of piperidine rings is 2. The largest absolute Gasteiger partial charge is 0.396 e. The van der Waals surface area contributed by atoms with Crippen molar-refractivity contribution in [3.8, 4) is 0 Å². The van der Waals surface area contributed by atoms with Crippen LogP contribution >= 0.6 is 0 Å². The summed E-state index contributed by atoms with van der Waals surface area (Å²) in [6, 6.07) is 2.87. The van der Waals surface area contributed by atoms with Crippen molar-refractivity contribution in [3.63, 3.8) is 0 Å². The first kappa shape index (κ1) is 18.8. The fourth-order valence-corrected chi connectivity index (χ4v) is 4.02. The monoisotopic (exact) mass is 366 g/mol. The predicted molar refractivity (Wildman–Crippen MR) is 91.4 cm³/mol. The maximum Gasteiger partial charge on any atom is 0.254 e. The fourth-order valence-electron chi connectivity index (χ4n) is 4.02. The Morgan fingerprint density at radius 1 is 1.12 bits per heavy atom. The van der Waals surface area contributed by atoms with Gasteiger partial charge in [-0.1, -0.05) is 0 Å². The number of hydrogen-bond donors (Lipinski definition) is 1. The molecule has 2 saturated heterocycles. The van der Waals surface area contributed by atoms with Crippen LogP contribution in [-0.4, -0.2) is 59.5 Å². The third kappa shape index (κ3) is 4.03. The van der Waals surface area contributed by atoms with Crippen LogP contribution in [0.25, 0.3) is 0 Å². The van der Waals surface area contributed by atoms with Crippen LogP contribution in [0.3, 0.4) is 0 Å². The van der Waals surface area contributed by atoms with Gasteiger partial charge < -0.3 is 14.9 Å². The second kappa shape index (κ2) is 7.70. The van der Waals surface area contributed by atoms with Crippen molar-refractivity contribution in [3.05, 3.63) is 35.4 Å². The molecule has 1 N–H and O–H groups in total. The Morgan fingerprint density at radius 3 is 2.38 bits per heavy atom. The van der Waals surface area contributed by atoms with Crippen LogP contribution in [0, 0.1) is 17.0 Å². The third-order valence-electron chi connectivity index (χ3n) is 5.56. The van der Waals surface area contributed by atoms with Gasteiger partial charge in [-0.25, -0.2) is 8.78 Å². The summed E-state index contributed by atoms with van der Waals surface area (Å²) >= 11 is 0. The minimum atomic E-state index is -0.757. The van der Waals surface area contributed by atoms with Gasteiger partial charge >= 0.3 is 0 Å². The number of likely N-dealkylation sites (tertiary alicyclic amines) is 2. The zero-order chi connectivity index (χ0) is 18.7. The van der Waals surface area contributed by atoms with Crippen LogP contribution in [0.5, 0.6) is 0 Å². The number of rotatable bonds is 4. The van der Waals surface area contributed by atoms with Gasteiger partial charge in [-0.2, -0.15) is 0 Å². The predicted octanol–water partition coefficient (Wildman–Crippen LogP) is 2.19. The van der Waals surface area contributed by atoms with E-state index in [0.717, 1.165) is 37.5 Å². The van der Waals surface area contributed by atoms with E-state index >= 15 is 0 Å². The third-order valence-corrected chi connectivity index (χ3v) is 5.56. The van der Waals surface area contributed by atoms with Crippen molar-refractivity contribution in [2.75, 3.05) is 32.8 Å². The van der Waals surface area contributed by atoms with E-state index in [1.165, 1.54) is 0 Å². The Hall–Kier alpha value is -2.02. The van der Waals surface area contributed by atoms with E-state index < -0.39 is 11.6 Å². The number of amides is 2. The summed E-state index contributed by atoms with van der Waals surface area (Å²) in [6.07, 6.45) is 3.39. The number of aliphatic hydroxyl groups excluding tert-OH is 1. The summed E-state index contributed by atoms with van der Waals surface area (Å²) in [7, 11) is 0. The molecule has 1 aromatic rings. The number of halogens is 2. The Balaban J connectivity index is 1.63. The van der Waals surface area contributed by atoms with Crippen molar-refractivity contribution in [2.24, 2.45) is 5.41 Å². The summed E-state index contributed by atoms with van der Waals surface area (Å²) in [5.41, 5.74) is 0.0229. The molecule has 0 saturated carbocycles. The molecule has 0 aliphatic carbocycles. The molecular formula is C19H24F2N2O3. The van der Waals surface area contributed by atoms with Crippen molar-refractivity contribution >= 4 is 11.8 Å². The first-order valence-corrected chi connectivity index (χ1v) is 9.06. The summed E-state index contributed by atoms with van der Waals surface area (Å²) < 4.78 is 26.7. The minimum Gasteiger partial charge on any atom is -0.396 e. The Labute approximate surface area is 151 Å². The lowest BCUT2D eigenvalue weighted by Gasteiger charge is -2.47. The lowest BCUT2D eigenvalue weighted by molar-refractivity contribution is -0.139. The van der Waals surface area contributed by atoms with Gasteiger partial charge in [0.05, 0.1) is 0 Å². The molecule has 2 aliphatic rings. The number of carbonyl (C=O) groups is 2.